The summed E-state index contributed by atoms with van der Waals surface area (Å²) in [5, 5.41) is 0. The van der Waals surface area contributed by atoms with Crippen molar-refractivity contribution in [3.63, 3.8) is 0 Å². The summed E-state index contributed by atoms with van der Waals surface area (Å²) in [6.45, 7) is 4.17. The van der Waals surface area contributed by atoms with Gasteiger partial charge in [-0.15, -0.1) is 0 Å². The summed E-state index contributed by atoms with van der Waals surface area (Å²) in [6, 6.07) is 14.5. The monoisotopic (exact) mass is 650 g/mol. The molecule has 0 unspecified atom stereocenters. The van der Waals surface area contributed by atoms with Crippen LogP contribution in [0.2, 0.25) is 0 Å². The summed E-state index contributed by atoms with van der Waals surface area (Å²) in [7, 11) is 3.11. The highest BCUT2D eigenvalue weighted by molar-refractivity contribution is 9.11. The van der Waals surface area contributed by atoms with Crippen molar-refractivity contribution in [1.82, 2.24) is 4.57 Å². The molecule has 0 fully saturated rings. The maximum absolute atomic E-state index is 14.0. The van der Waals surface area contributed by atoms with Crippen LogP contribution < -0.4 is 24.4 Å². The molecule has 218 valence electrons. The first-order chi connectivity index (χ1) is 20.3. The topological polar surface area (TPSA) is 88.4 Å². The number of halogens is 1. The summed E-state index contributed by atoms with van der Waals surface area (Å²) in [5.74, 6) is 1.29. The number of nitrogens with zero attached hydrogens (tertiary/aromatic N) is 2. The van der Waals surface area contributed by atoms with Crippen molar-refractivity contribution < 1.29 is 23.7 Å². The fourth-order valence-electron chi connectivity index (χ4n) is 4.99. The summed E-state index contributed by atoms with van der Waals surface area (Å²) in [6.07, 6.45) is 6.55. The first-order valence-corrected chi connectivity index (χ1v) is 15.1. The number of carbonyl (C=O) groups is 1. The van der Waals surface area contributed by atoms with Gasteiger partial charge in [-0.3, -0.25) is 9.36 Å². The van der Waals surface area contributed by atoms with Crippen LogP contribution >= 0.6 is 27.3 Å². The van der Waals surface area contributed by atoms with Gasteiger partial charge in [-0.2, -0.15) is 0 Å². The average Bonchev–Trinajstić information content (AvgIpc) is 3.30. The van der Waals surface area contributed by atoms with Crippen molar-refractivity contribution >= 4 is 39.3 Å². The molecule has 5 rings (SSSR count). The van der Waals surface area contributed by atoms with E-state index in [-0.39, 0.29) is 18.1 Å². The number of aromatic nitrogens is 1. The number of thiazole rings is 1. The number of hydrogen-bond acceptors (Lipinski definition) is 8. The molecule has 3 aromatic rings. The lowest BCUT2D eigenvalue weighted by Crippen LogP contribution is -2.40. The Labute approximate surface area is 256 Å². The van der Waals surface area contributed by atoms with Crippen LogP contribution in [0.1, 0.15) is 37.4 Å². The van der Waals surface area contributed by atoms with E-state index in [1.165, 1.54) is 11.3 Å². The molecule has 42 heavy (non-hydrogen) atoms. The van der Waals surface area contributed by atoms with Crippen molar-refractivity contribution in [3.05, 3.63) is 113 Å². The fraction of sp³-hybridized carbons (Fsp3) is 0.281. The molecule has 1 aromatic heterocycles. The normalized spacial score (nSPS) is 18.5. The van der Waals surface area contributed by atoms with Crippen molar-refractivity contribution in [3.8, 4) is 11.5 Å². The molecule has 2 aromatic carbocycles. The molecule has 0 radical (unpaired) electrons. The average molecular weight is 652 g/mol. The number of methoxy groups -OCH3 is 2. The molecule has 0 saturated heterocycles. The number of hydrogen-bond donors (Lipinski definition) is 0. The Kier molecular flexibility index (Phi) is 9.13. The van der Waals surface area contributed by atoms with Crippen molar-refractivity contribution in [1.29, 1.82) is 0 Å². The minimum absolute atomic E-state index is 0.0376. The van der Waals surface area contributed by atoms with E-state index in [1.54, 1.807) is 50.8 Å². The first kappa shape index (κ1) is 29.6. The zero-order valence-electron chi connectivity index (χ0n) is 23.8. The molecular formula is C32H31BrN2O6S. The first-order valence-electron chi connectivity index (χ1n) is 13.5. The number of esters is 1. The zero-order chi connectivity index (χ0) is 29.8. The van der Waals surface area contributed by atoms with E-state index >= 15 is 0 Å². The lowest BCUT2D eigenvalue weighted by atomic mass is 9.95. The fourth-order valence-corrected chi connectivity index (χ4v) is 6.71. The van der Waals surface area contributed by atoms with E-state index in [9.17, 15) is 9.59 Å². The lowest BCUT2D eigenvalue weighted by Gasteiger charge is -2.26. The molecule has 0 bridgehead atoms. The molecule has 2 atom stereocenters. The molecule has 0 saturated carbocycles. The largest absolute Gasteiger partial charge is 0.497 e. The van der Waals surface area contributed by atoms with Gasteiger partial charge in [0.25, 0.3) is 5.56 Å². The second-order valence-electron chi connectivity index (χ2n) is 9.70. The van der Waals surface area contributed by atoms with Crippen LogP contribution in [0.25, 0.3) is 6.08 Å². The second-order valence-corrected chi connectivity index (χ2v) is 11.7. The predicted molar refractivity (Wildman–Crippen MR) is 165 cm³/mol. The van der Waals surface area contributed by atoms with E-state index in [2.05, 4.69) is 20.9 Å². The Hall–Kier alpha value is -3.89. The third kappa shape index (κ3) is 6.00. The molecule has 2 heterocycles. The molecular weight excluding hydrogens is 620 g/mol. The maximum Gasteiger partial charge on any atom is 0.338 e. The minimum Gasteiger partial charge on any atom is -0.497 e. The van der Waals surface area contributed by atoms with E-state index in [0.717, 1.165) is 15.8 Å². The molecule has 0 amide bonds. The van der Waals surface area contributed by atoms with Gasteiger partial charge in [0.2, 0.25) is 0 Å². The number of ether oxygens (including phenoxy) is 4. The number of fused-ring (bicyclic) bond motifs is 1. The molecule has 10 heteroatoms. The third-order valence-corrected chi connectivity index (χ3v) is 8.75. The number of allylic oxidation sites excluding steroid dienone is 4. The Morgan fingerprint density at radius 1 is 1.17 bits per heavy atom. The van der Waals surface area contributed by atoms with Crippen molar-refractivity contribution in [2.45, 2.75) is 32.9 Å². The van der Waals surface area contributed by atoms with E-state index in [1.807, 2.05) is 48.6 Å². The molecule has 1 aliphatic heterocycles. The molecule has 8 nitrogen and oxygen atoms in total. The van der Waals surface area contributed by atoms with Gasteiger partial charge in [-0.05, 0) is 44.0 Å². The summed E-state index contributed by atoms with van der Waals surface area (Å²) in [5.41, 5.74) is 2.26. The molecule has 0 N–H and O–H groups in total. The van der Waals surface area contributed by atoms with Gasteiger partial charge in [0.05, 0.1) is 36.6 Å². The predicted octanol–water partition coefficient (Wildman–Crippen LogP) is 5.17. The van der Waals surface area contributed by atoms with Crippen LogP contribution in [0.5, 0.6) is 11.5 Å². The molecule has 1 aliphatic carbocycles. The van der Waals surface area contributed by atoms with Crippen LogP contribution in [-0.2, 0) is 20.9 Å². The zero-order valence-corrected chi connectivity index (χ0v) is 26.2. The van der Waals surface area contributed by atoms with E-state index in [4.69, 9.17) is 18.9 Å². The van der Waals surface area contributed by atoms with Crippen LogP contribution in [0.3, 0.4) is 0 Å². The van der Waals surface area contributed by atoms with Gasteiger partial charge in [0.1, 0.15) is 29.9 Å². The number of carbonyl (C=O) groups excluding carboxylic acids is 1. The number of benzene rings is 2. The van der Waals surface area contributed by atoms with Crippen LogP contribution in [0.15, 0.2) is 92.0 Å². The minimum atomic E-state index is -0.783. The van der Waals surface area contributed by atoms with Gasteiger partial charge in [-0.25, -0.2) is 9.79 Å². The standard InChI is InChI=1S/C32H31BrN2O6S/c1-5-40-31(37)28-19(2)34-32-35(29(28)23-13-12-22(38-3)17-26(23)39-4)30(36)27(42-32)16-21-11-14-25(24(33)15-21)41-18-20-9-7-6-8-10-20/h6-14,16-17,21,29H,5,15,18H2,1-4H3/b27-16-/t21-,29+/m0/s1. The Bertz CT molecular complexity index is 1770. The Morgan fingerprint density at radius 2 is 1.95 bits per heavy atom. The Morgan fingerprint density at radius 3 is 2.64 bits per heavy atom. The summed E-state index contributed by atoms with van der Waals surface area (Å²) < 4.78 is 25.5. The van der Waals surface area contributed by atoms with Gasteiger partial charge in [-0.1, -0.05) is 69.8 Å². The van der Waals surface area contributed by atoms with Crippen LogP contribution in [-0.4, -0.2) is 31.4 Å². The van der Waals surface area contributed by atoms with Gasteiger partial charge >= 0.3 is 5.97 Å². The smallest absolute Gasteiger partial charge is 0.338 e. The van der Waals surface area contributed by atoms with Crippen LogP contribution in [0.4, 0.5) is 0 Å². The second kappa shape index (κ2) is 13.0. The van der Waals surface area contributed by atoms with E-state index < -0.39 is 12.0 Å². The van der Waals surface area contributed by atoms with Crippen LogP contribution in [0, 0.1) is 5.92 Å². The van der Waals surface area contributed by atoms with Gasteiger partial charge in [0, 0.05) is 22.0 Å². The number of rotatable bonds is 9. The lowest BCUT2D eigenvalue weighted by molar-refractivity contribution is -0.139. The summed E-state index contributed by atoms with van der Waals surface area (Å²) in [4.78, 5) is 32.4. The molecule has 0 spiro atoms. The summed E-state index contributed by atoms with van der Waals surface area (Å²) >= 11 is 4.97. The van der Waals surface area contributed by atoms with Gasteiger partial charge in [0.15, 0.2) is 4.80 Å². The van der Waals surface area contributed by atoms with Crippen molar-refractivity contribution in [2.24, 2.45) is 10.9 Å². The van der Waals surface area contributed by atoms with Gasteiger partial charge < -0.3 is 18.9 Å². The maximum atomic E-state index is 14.0. The molecule has 2 aliphatic rings. The Balaban J connectivity index is 1.52. The highest BCUT2D eigenvalue weighted by Gasteiger charge is 2.35. The highest BCUT2D eigenvalue weighted by atomic mass is 79.9. The third-order valence-electron chi connectivity index (χ3n) is 7.03. The highest BCUT2D eigenvalue weighted by Crippen LogP contribution is 2.37. The van der Waals surface area contributed by atoms with E-state index in [0.29, 0.717) is 50.7 Å². The quantitative estimate of drug-likeness (QED) is 0.297. The SMILES string of the molecule is CCOC(=O)C1=C(C)N=c2s/c(=C\[C@H]3C=CC(OCc4ccccc4)=C(Br)C3)c(=O)n2[C@@H]1c1ccc(OC)cc1OC. The van der Waals surface area contributed by atoms with Crippen molar-refractivity contribution in [2.75, 3.05) is 20.8 Å².